The summed E-state index contributed by atoms with van der Waals surface area (Å²) in [5.74, 6) is 0. The first-order valence-corrected chi connectivity index (χ1v) is 5.39. The fraction of sp³-hybridized carbons (Fsp3) is 0.667. The molecule has 2 N–H and O–H groups in total. The van der Waals surface area contributed by atoms with Crippen molar-refractivity contribution in [2.45, 2.75) is 25.3 Å². The van der Waals surface area contributed by atoms with Crippen LogP contribution in [0.25, 0.3) is 0 Å². The molecule has 1 heterocycles. The molecule has 3 nitrogen and oxygen atoms in total. The van der Waals surface area contributed by atoms with Gasteiger partial charge in [-0.25, -0.2) is 4.98 Å². The second-order valence-corrected chi connectivity index (χ2v) is 4.90. The van der Waals surface area contributed by atoms with Gasteiger partial charge < -0.3 is 10.6 Å². The number of hydrogen-bond donors (Lipinski definition) is 1. The number of hydrogen-bond acceptors (Lipinski definition) is 4. The fourth-order valence-corrected chi connectivity index (χ4v) is 2.77. The molecule has 0 aliphatic heterocycles. The normalized spacial score (nSPS) is 21.9. The molecule has 1 aliphatic rings. The lowest BCUT2D eigenvalue weighted by Gasteiger charge is -2.27. The molecule has 0 aromatic carbocycles. The Morgan fingerprint density at radius 2 is 2.31 bits per heavy atom. The molecule has 1 aromatic heterocycles. The number of nitrogens with two attached hydrogens (primary N) is 1. The Bertz CT molecular complexity index is 306. The number of rotatable bonds is 1. The van der Waals surface area contributed by atoms with Gasteiger partial charge in [-0.3, -0.25) is 0 Å². The van der Waals surface area contributed by atoms with Crippen molar-refractivity contribution in [2.75, 3.05) is 19.8 Å². The lowest BCUT2D eigenvalue weighted by Crippen LogP contribution is -2.32. The predicted octanol–water partition coefficient (Wildman–Crippen LogP) is 1.14. The van der Waals surface area contributed by atoms with Crippen molar-refractivity contribution < 1.29 is 0 Å². The third-order valence-electron chi connectivity index (χ3n) is 2.66. The van der Waals surface area contributed by atoms with Gasteiger partial charge in [0, 0.05) is 10.9 Å². The fourth-order valence-electron chi connectivity index (χ4n) is 1.82. The van der Waals surface area contributed by atoms with E-state index in [9.17, 15) is 0 Å². The van der Waals surface area contributed by atoms with Gasteiger partial charge in [-0.05, 0) is 33.4 Å². The average Bonchev–Trinajstić information content (AvgIpc) is 2.42. The van der Waals surface area contributed by atoms with Gasteiger partial charge in [0.2, 0.25) is 0 Å². The minimum atomic E-state index is 0.673. The Balaban J connectivity index is 2.19. The zero-order valence-electron chi connectivity index (χ0n) is 8.08. The Labute approximate surface area is 82.6 Å². The third-order valence-corrected chi connectivity index (χ3v) is 3.61. The smallest absolute Gasteiger partial charge is 0.180 e. The van der Waals surface area contributed by atoms with Crippen LogP contribution in [0.15, 0.2) is 0 Å². The average molecular weight is 197 g/mol. The number of aryl methyl sites for hydroxylation is 1. The van der Waals surface area contributed by atoms with Crippen molar-refractivity contribution in [1.29, 1.82) is 0 Å². The highest BCUT2D eigenvalue weighted by atomic mass is 32.1. The van der Waals surface area contributed by atoms with Gasteiger partial charge in [0.25, 0.3) is 0 Å². The molecule has 0 bridgehead atoms. The standard InChI is InChI=1S/C9H15N3S/c1-12(2)6-3-4-7-8(5-6)13-9(10)11-7/h6H,3-5H2,1-2H3,(H2,10,11). The van der Waals surface area contributed by atoms with Gasteiger partial charge in [-0.1, -0.05) is 0 Å². The van der Waals surface area contributed by atoms with Crippen molar-refractivity contribution in [3.63, 3.8) is 0 Å². The molecule has 0 radical (unpaired) electrons. The summed E-state index contributed by atoms with van der Waals surface area (Å²) in [7, 11) is 4.28. The summed E-state index contributed by atoms with van der Waals surface area (Å²) < 4.78 is 0. The van der Waals surface area contributed by atoms with Crippen LogP contribution in [0.3, 0.4) is 0 Å². The molecule has 1 aromatic rings. The van der Waals surface area contributed by atoms with Crippen LogP contribution in [0.1, 0.15) is 17.0 Å². The molecule has 0 spiro atoms. The number of nitrogen functional groups attached to an aromatic ring is 1. The molecule has 1 atom stereocenters. The minimum Gasteiger partial charge on any atom is -0.375 e. The Morgan fingerprint density at radius 1 is 1.54 bits per heavy atom. The first-order chi connectivity index (χ1) is 6.16. The third kappa shape index (κ3) is 1.69. The van der Waals surface area contributed by atoms with E-state index in [0.717, 1.165) is 18.0 Å². The number of fused-ring (bicyclic) bond motifs is 1. The van der Waals surface area contributed by atoms with E-state index in [1.54, 1.807) is 11.3 Å². The topological polar surface area (TPSA) is 42.2 Å². The summed E-state index contributed by atoms with van der Waals surface area (Å²) in [6.45, 7) is 0. The van der Waals surface area contributed by atoms with E-state index in [0.29, 0.717) is 6.04 Å². The molecule has 13 heavy (non-hydrogen) atoms. The minimum absolute atomic E-state index is 0.673. The number of thiazole rings is 1. The van der Waals surface area contributed by atoms with Gasteiger partial charge in [0.15, 0.2) is 5.13 Å². The van der Waals surface area contributed by atoms with Gasteiger partial charge in [-0.15, -0.1) is 11.3 Å². The van der Waals surface area contributed by atoms with E-state index in [2.05, 4.69) is 24.0 Å². The highest BCUT2D eigenvalue weighted by Gasteiger charge is 2.22. The summed E-state index contributed by atoms with van der Waals surface area (Å²) in [4.78, 5) is 8.00. The Kier molecular flexibility index (Phi) is 2.26. The van der Waals surface area contributed by atoms with E-state index in [1.807, 2.05) is 0 Å². The first kappa shape index (κ1) is 8.97. The molecule has 0 fully saturated rings. The zero-order chi connectivity index (χ0) is 9.42. The molecular formula is C9H15N3S. The molecule has 0 saturated heterocycles. The van der Waals surface area contributed by atoms with Crippen LogP contribution >= 0.6 is 11.3 Å². The van der Waals surface area contributed by atoms with Crippen LogP contribution in [0.4, 0.5) is 5.13 Å². The molecule has 1 unspecified atom stereocenters. The largest absolute Gasteiger partial charge is 0.375 e. The van der Waals surface area contributed by atoms with Gasteiger partial charge in [0.1, 0.15) is 0 Å². The van der Waals surface area contributed by atoms with E-state index in [1.165, 1.54) is 17.0 Å². The molecule has 1 aliphatic carbocycles. The van der Waals surface area contributed by atoms with Crippen LogP contribution in [-0.4, -0.2) is 30.0 Å². The van der Waals surface area contributed by atoms with E-state index < -0.39 is 0 Å². The lowest BCUT2D eigenvalue weighted by atomic mass is 9.97. The molecular weight excluding hydrogens is 182 g/mol. The van der Waals surface area contributed by atoms with Crippen LogP contribution in [0.5, 0.6) is 0 Å². The summed E-state index contributed by atoms with van der Waals surface area (Å²) in [6.07, 6.45) is 3.42. The van der Waals surface area contributed by atoms with Crippen molar-refractivity contribution >= 4 is 16.5 Å². The molecule has 0 amide bonds. The van der Waals surface area contributed by atoms with Crippen molar-refractivity contribution in [1.82, 2.24) is 9.88 Å². The van der Waals surface area contributed by atoms with Crippen molar-refractivity contribution in [3.05, 3.63) is 10.6 Å². The maximum atomic E-state index is 5.67. The Hall–Kier alpha value is -0.610. The zero-order valence-corrected chi connectivity index (χ0v) is 8.90. The van der Waals surface area contributed by atoms with Gasteiger partial charge in [0.05, 0.1) is 5.69 Å². The maximum Gasteiger partial charge on any atom is 0.180 e. The number of nitrogens with zero attached hydrogens (tertiary/aromatic N) is 2. The van der Waals surface area contributed by atoms with E-state index in [4.69, 9.17) is 5.73 Å². The second kappa shape index (κ2) is 3.27. The quantitative estimate of drug-likeness (QED) is 0.734. The highest BCUT2D eigenvalue weighted by Crippen LogP contribution is 2.29. The summed E-state index contributed by atoms with van der Waals surface area (Å²) >= 11 is 1.65. The first-order valence-electron chi connectivity index (χ1n) is 4.57. The van der Waals surface area contributed by atoms with Crippen molar-refractivity contribution in [3.8, 4) is 0 Å². The van der Waals surface area contributed by atoms with E-state index >= 15 is 0 Å². The maximum absolute atomic E-state index is 5.67. The van der Waals surface area contributed by atoms with Crippen molar-refractivity contribution in [2.24, 2.45) is 0 Å². The summed E-state index contributed by atoms with van der Waals surface area (Å²) in [6, 6.07) is 0.673. The van der Waals surface area contributed by atoms with E-state index in [-0.39, 0.29) is 0 Å². The van der Waals surface area contributed by atoms with Gasteiger partial charge >= 0.3 is 0 Å². The molecule has 72 valence electrons. The van der Waals surface area contributed by atoms with Gasteiger partial charge in [-0.2, -0.15) is 0 Å². The lowest BCUT2D eigenvalue weighted by molar-refractivity contribution is 0.269. The van der Waals surface area contributed by atoms with Crippen LogP contribution < -0.4 is 5.73 Å². The SMILES string of the molecule is CN(C)C1CCc2nc(N)sc2C1. The Morgan fingerprint density at radius 3 is 3.00 bits per heavy atom. The molecule has 0 saturated carbocycles. The highest BCUT2D eigenvalue weighted by molar-refractivity contribution is 7.15. The number of aromatic nitrogens is 1. The summed E-state index contributed by atoms with van der Waals surface area (Å²) in [5.41, 5.74) is 6.91. The monoisotopic (exact) mass is 197 g/mol. The number of anilines is 1. The predicted molar refractivity (Wildman–Crippen MR) is 56.0 cm³/mol. The van der Waals surface area contributed by atoms with Crippen LogP contribution in [0, 0.1) is 0 Å². The summed E-state index contributed by atoms with van der Waals surface area (Å²) in [5, 5.41) is 0.726. The van der Waals surface area contributed by atoms with Crippen LogP contribution in [0.2, 0.25) is 0 Å². The number of likely N-dealkylation sites (N-methyl/N-ethyl adjacent to an activating group) is 1. The van der Waals surface area contributed by atoms with Crippen LogP contribution in [-0.2, 0) is 12.8 Å². The molecule has 4 heteroatoms. The second-order valence-electron chi connectivity index (χ2n) is 3.78. The molecule has 2 rings (SSSR count).